The number of nitrogens with two attached hydrogens (primary N) is 1. The number of aromatic nitrogens is 4. The van der Waals surface area contributed by atoms with Crippen LogP contribution in [0.4, 0.5) is 5.13 Å². The molecule has 0 aliphatic carbocycles. The van der Waals surface area contributed by atoms with Gasteiger partial charge in [0, 0.05) is 16.8 Å². The van der Waals surface area contributed by atoms with E-state index in [4.69, 9.17) is 5.73 Å². The second-order valence-corrected chi connectivity index (χ2v) is 6.94. The van der Waals surface area contributed by atoms with Crippen LogP contribution in [0.25, 0.3) is 11.3 Å². The van der Waals surface area contributed by atoms with E-state index in [2.05, 4.69) is 32.4 Å². The molecule has 8 heteroatoms. The number of rotatable bonds is 5. The Morgan fingerprint density at radius 3 is 2.58 bits per heavy atom. The van der Waals surface area contributed by atoms with E-state index in [9.17, 15) is 4.79 Å². The molecule has 1 atom stereocenters. The lowest BCUT2D eigenvalue weighted by Gasteiger charge is -2.11. The second kappa shape index (κ2) is 7.57. The van der Waals surface area contributed by atoms with Crippen molar-refractivity contribution in [1.29, 1.82) is 0 Å². The van der Waals surface area contributed by atoms with Crippen molar-refractivity contribution in [1.82, 2.24) is 25.5 Å². The fourth-order valence-corrected chi connectivity index (χ4v) is 3.13. The molecule has 0 fully saturated rings. The summed E-state index contributed by atoms with van der Waals surface area (Å²) >= 11 is 1.26. The lowest BCUT2D eigenvalue weighted by molar-refractivity contribution is 0.0939. The fourth-order valence-electron chi connectivity index (χ4n) is 2.51. The van der Waals surface area contributed by atoms with Crippen LogP contribution >= 0.6 is 11.3 Å². The largest absolute Gasteiger partial charge is 0.374 e. The molecule has 26 heavy (non-hydrogen) atoms. The van der Waals surface area contributed by atoms with Crippen LogP contribution in [0.1, 0.15) is 46.8 Å². The van der Waals surface area contributed by atoms with Gasteiger partial charge in [-0.2, -0.15) is 0 Å². The molecule has 1 amide bonds. The Kier molecular flexibility index (Phi) is 5.22. The first kappa shape index (κ1) is 17.9. The predicted octanol–water partition coefficient (Wildman–Crippen LogP) is 2.94. The van der Waals surface area contributed by atoms with Gasteiger partial charge in [-0.3, -0.25) is 4.79 Å². The number of nitrogen functional groups attached to an aromatic ring is 1. The van der Waals surface area contributed by atoms with Gasteiger partial charge >= 0.3 is 0 Å². The number of hydrogen-bond donors (Lipinski definition) is 2. The fraction of sp³-hybridized carbons (Fsp3) is 0.278. The molecule has 0 spiro atoms. The molecule has 2 heterocycles. The minimum atomic E-state index is -0.256. The Bertz CT molecular complexity index is 922. The maximum absolute atomic E-state index is 12.4. The van der Waals surface area contributed by atoms with Gasteiger partial charge in [0.15, 0.2) is 0 Å². The molecule has 0 aliphatic heterocycles. The van der Waals surface area contributed by atoms with Crippen LogP contribution in [-0.2, 0) is 6.42 Å². The molecule has 0 aliphatic rings. The highest BCUT2D eigenvalue weighted by atomic mass is 32.1. The lowest BCUT2D eigenvalue weighted by Crippen LogP contribution is -2.26. The van der Waals surface area contributed by atoms with Crippen LogP contribution in [0.3, 0.4) is 0 Å². The summed E-state index contributed by atoms with van der Waals surface area (Å²) in [7, 11) is 0. The Morgan fingerprint density at radius 1 is 1.23 bits per heavy atom. The van der Waals surface area contributed by atoms with E-state index >= 15 is 0 Å². The Balaban J connectivity index is 1.74. The summed E-state index contributed by atoms with van der Waals surface area (Å²) in [6.07, 6.45) is 0.852. The topological polar surface area (TPSA) is 107 Å². The lowest BCUT2D eigenvalue weighted by atomic mass is 10.1. The molecule has 3 N–H and O–H groups in total. The molecule has 0 bridgehead atoms. The van der Waals surface area contributed by atoms with Gasteiger partial charge in [0.05, 0.1) is 11.7 Å². The van der Waals surface area contributed by atoms with E-state index in [1.807, 2.05) is 32.0 Å². The van der Waals surface area contributed by atoms with Crippen LogP contribution in [0.2, 0.25) is 0 Å². The van der Waals surface area contributed by atoms with Crippen LogP contribution in [-0.4, -0.2) is 26.1 Å². The van der Waals surface area contributed by atoms with Crippen LogP contribution in [0, 0.1) is 6.92 Å². The molecular weight excluding hydrogens is 348 g/mol. The standard InChI is InChI=1S/C18H20N6OS/c1-4-14-9-15(22-11(3)21-14)12-5-7-13(8-6-12)16(25)20-10(2)17-23-24-18(19)26-17/h5-10H,4H2,1-3H3,(H2,19,24)(H,20,25)/t10-/m0/s1. The summed E-state index contributed by atoms with van der Waals surface area (Å²) in [6.45, 7) is 5.79. The van der Waals surface area contributed by atoms with Crippen molar-refractivity contribution < 1.29 is 4.79 Å². The predicted molar refractivity (Wildman–Crippen MR) is 102 cm³/mol. The number of nitrogens with one attached hydrogen (secondary N) is 1. The van der Waals surface area contributed by atoms with E-state index < -0.39 is 0 Å². The molecule has 2 aromatic heterocycles. The molecular formula is C18H20N6OS. The highest BCUT2D eigenvalue weighted by molar-refractivity contribution is 7.15. The van der Waals surface area contributed by atoms with Gasteiger partial charge in [-0.05, 0) is 38.5 Å². The monoisotopic (exact) mass is 368 g/mol. The molecule has 134 valence electrons. The number of carbonyl (C=O) groups is 1. The van der Waals surface area contributed by atoms with Crippen molar-refractivity contribution in [3.05, 3.63) is 52.4 Å². The zero-order chi connectivity index (χ0) is 18.7. The summed E-state index contributed by atoms with van der Waals surface area (Å²) in [4.78, 5) is 21.3. The Hall–Kier alpha value is -2.87. The van der Waals surface area contributed by atoms with E-state index in [-0.39, 0.29) is 11.9 Å². The van der Waals surface area contributed by atoms with Crippen molar-refractivity contribution in [2.24, 2.45) is 0 Å². The summed E-state index contributed by atoms with van der Waals surface area (Å²) < 4.78 is 0. The Morgan fingerprint density at radius 2 is 1.96 bits per heavy atom. The number of amides is 1. The number of hydrogen-bond acceptors (Lipinski definition) is 7. The van der Waals surface area contributed by atoms with Crippen LogP contribution in [0.5, 0.6) is 0 Å². The number of nitrogens with zero attached hydrogens (tertiary/aromatic N) is 4. The van der Waals surface area contributed by atoms with Gasteiger partial charge in [-0.25, -0.2) is 9.97 Å². The van der Waals surface area contributed by atoms with Gasteiger partial charge in [0.2, 0.25) is 5.13 Å². The number of carbonyl (C=O) groups excluding carboxylic acids is 1. The molecule has 1 aromatic carbocycles. The zero-order valence-corrected chi connectivity index (χ0v) is 15.7. The van der Waals surface area contributed by atoms with Gasteiger partial charge < -0.3 is 11.1 Å². The van der Waals surface area contributed by atoms with Crippen molar-refractivity contribution >= 4 is 22.4 Å². The molecule has 0 saturated carbocycles. The molecule has 7 nitrogen and oxygen atoms in total. The summed E-state index contributed by atoms with van der Waals surface area (Å²) in [5.41, 5.74) is 8.96. The van der Waals surface area contributed by atoms with Crippen LogP contribution in [0.15, 0.2) is 30.3 Å². The summed E-state index contributed by atoms with van der Waals surface area (Å²) in [5, 5.41) is 11.7. The molecule has 3 aromatic rings. The summed E-state index contributed by atoms with van der Waals surface area (Å²) in [6, 6.07) is 9.08. The number of anilines is 1. The van der Waals surface area contributed by atoms with Gasteiger partial charge in [0.25, 0.3) is 5.91 Å². The van der Waals surface area contributed by atoms with Gasteiger partial charge in [-0.1, -0.05) is 30.4 Å². The average Bonchev–Trinajstić information content (AvgIpc) is 3.07. The average molecular weight is 368 g/mol. The van der Waals surface area contributed by atoms with Crippen molar-refractivity contribution in [2.45, 2.75) is 33.2 Å². The third kappa shape index (κ3) is 4.02. The van der Waals surface area contributed by atoms with Gasteiger partial charge in [0.1, 0.15) is 10.8 Å². The van der Waals surface area contributed by atoms with Crippen LogP contribution < -0.4 is 11.1 Å². The minimum Gasteiger partial charge on any atom is -0.374 e. The van der Waals surface area contributed by atoms with Crippen molar-refractivity contribution in [2.75, 3.05) is 5.73 Å². The third-order valence-electron chi connectivity index (χ3n) is 3.87. The quantitative estimate of drug-likeness (QED) is 0.717. The highest BCUT2D eigenvalue weighted by Gasteiger charge is 2.15. The van der Waals surface area contributed by atoms with Crippen molar-refractivity contribution in [3.63, 3.8) is 0 Å². The van der Waals surface area contributed by atoms with E-state index in [0.717, 1.165) is 29.2 Å². The van der Waals surface area contributed by atoms with E-state index in [1.165, 1.54) is 11.3 Å². The zero-order valence-electron chi connectivity index (χ0n) is 14.9. The molecule has 0 radical (unpaired) electrons. The second-order valence-electron chi connectivity index (χ2n) is 5.90. The maximum Gasteiger partial charge on any atom is 0.251 e. The van der Waals surface area contributed by atoms with Crippen molar-refractivity contribution in [3.8, 4) is 11.3 Å². The van der Waals surface area contributed by atoms with Gasteiger partial charge in [-0.15, -0.1) is 10.2 Å². The third-order valence-corrected chi connectivity index (χ3v) is 4.81. The first-order valence-electron chi connectivity index (χ1n) is 8.31. The van der Waals surface area contributed by atoms with E-state index in [1.54, 1.807) is 12.1 Å². The summed E-state index contributed by atoms with van der Waals surface area (Å²) in [5.74, 6) is 0.567. The first-order chi connectivity index (χ1) is 12.5. The van der Waals surface area contributed by atoms with E-state index in [0.29, 0.717) is 15.7 Å². The Labute approximate surface area is 155 Å². The first-order valence-corrected chi connectivity index (χ1v) is 9.12. The normalized spacial score (nSPS) is 12.0. The SMILES string of the molecule is CCc1cc(-c2ccc(C(=O)N[C@@H](C)c3nnc(N)s3)cc2)nc(C)n1. The number of aryl methyl sites for hydroxylation is 2. The number of benzene rings is 1. The minimum absolute atomic E-state index is 0.175. The molecule has 0 unspecified atom stereocenters. The molecule has 0 saturated heterocycles. The maximum atomic E-state index is 12.4. The highest BCUT2D eigenvalue weighted by Crippen LogP contribution is 2.21. The smallest absolute Gasteiger partial charge is 0.251 e. The molecule has 3 rings (SSSR count).